The summed E-state index contributed by atoms with van der Waals surface area (Å²) >= 11 is 0. The van der Waals surface area contributed by atoms with Gasteiger partial charge >= 0.3 is 0 Å². The average molecular weight is 349 g/mol. The van der Waals surface area contributed by atoms with Gasteiger partial charge < -0.3 is 19.8 Å². The van der Waals surface area contributed by atoms with E-state index in [-0.39, 0.29) is 36.5 Å². The predicted octanol–water partition coefficient (Wildman–Crippen LogP) is -0.807. The molecular weight excluding hydrogens is 326 g/mol. The van der Waals surface area contributed by atoms with Crippen LogP contribution < -0.4 is 10.6 Å². The molecule has 9 heteroatoms. The number of nitrogens with zero attached hydrogens (tertiary/aromatic N) is 3. The lowest BCUT2D eigenvalue weighted by atomic mass is 10.1. The van der Waals surface area contributed by atoms with Crippen molar-refractivity contribution in [3.05, 3.63) is 11.8 Å². The van der Waals surface area contributed by atoms with Crippen LogP contribution >= 0.6 is 0 Å². The molecule has 9 nitrogen and oxygen atoms in total. The monoisotopic (exact) mass is 349 g/mol. The van der Waals surface area contributed by atoms with Gasteiger partial charge in [-0.1, -0.05) is 0 Å². The van der Waals surface area contributed by atoms with Gasteiger partial charge in [-0.3, -0.25) is 14.5 Å². The van der Waals surface area contributed by atoms with Crippen LogP contribution in [0.1, 0.15) is 37.0 Å². The summed E-state index contributed by atoms with van der Waals surface area (Å²) in [7, 11) is 1.49. The topological polar surface area (TPSA) is 110 Å². The summed E-state index contributed by atoms with van der Waals surface area (Å²) in [6.45, 7) is 1.22. The molecule has 4 rings (SSSR count). The van der Waals surface area contributed by atoms with Crippen molar-refractivity contribution in [1.29, 1.82) is 0 Å². The van der Waals surface area contributed by atoms with Crippen LogP contribution in [0.25, 0.3) is 0 Å². The number of carbonyl (C=O) groups excluding carboxylic acids is 2. The Balaban J connectivity index is 1.40. The van der Waals surface area contributed by atoms with E-state index in [2.05, 4.69) is 25.7 Å². The lowest BCUT2D eigenvalue weighted by Crippen LogP contribution is -2.58. The molecule has 1 saturated carbocycles. The summed E-state index contributed by atoms with van der Waals surface area (Å²) in [6, 6.07) is -0.180. The molecule has 3 aliphatic rings. The third-order valence-electron chi connectivity index (χ3n) is 5.08. The maximum Gasteiger partial charge on any atom is 0.246 e. The van der Waals surface area contributed by atoms with Crippen LogP contribution in [0.3, 0.4) is 0 Å². The minimum absolute atomic E-state index is 0.0175. The first kappa shape index (κ1) is 16.5. The van der Waals surface area contributed by atoms with Gasteiger partial charge in [0.15, 0.2) is 0 Å². The Morgan fingerprint density at radius 3 is 3.04 bits per heavy atom. The van der Waals surface area contributed by atoms with Crippen molar-refractivity contribution >= 4 is 11.8 Å². The molecule has 0 bridgehead atoms. The van der Waals surface area contributed by atoms with E-state index < -0.39 is 0 Å². The highest BCUT2D eigenvalue weighted by molar-refractivity contribution is 5.83. The van der Waals surface area contributed by atoms with E-state index in [4.69, 9.17) is 9.15 Å². The first-order chi connectivity index (χ1) is 12.1. The Morgan fingerprint density at radius 2 is 2.28 bits per heavy atom. The zero-order valence-electron chi connectivity index (χ0n) is 14.2. The van der Waals surface area contributed by atoms with Gasteiger partial charge in [0, 0.05) is 44.6 Å². The Kier molecular flexibility index (Phi) is 4.43. The van der Waals surface area contributed by atoms with E-state index >= 15 is 0 Å². The maximum atomic E-state index is 12.2. The fraction of sp³-hybridized carbons (Fsp3) is 0.750. The molecule has 136 valence electrons. The van der Waals surface area contributed by atoms with Crippen molar-refractivity contribution in [3.8, 4) is 0 Å². The SMILES string of the molecule is COCC(=O)N[C@H]1C[C@H]2C(=O)NC[C@@H](Cc3nnc(C4CC4)o3)N2C1. The molecule has 2 amide bonds. The highest BCUT2D eigenvalue weighted by Gasteiger charge is 2.44. The van der Waals surface area contributed by atoms with Crippen molar-refractivity contribution < 1.29 is 18.7 Å². The minimum Gasteiger partial charge on any atom is -0.425 e. The molecule has 2 aliphatic heterocycles. The molecule has 3 heterocycles. The Morgan fingerprint density at radius 1 is 1.44 bits per heavy atom. The zero-order chi connectivity index (χ0) is 17.4. The lowest BCUT2D eigenvalue weighted by molar-refractivity contribution is -0.129. The number of nitrogens with one attached hydrogen (secondary N) is 2. The van der Waals surface area contributed by atoms with E-state index in [0.29, 0.717) is 37.7 Å². The molecule has 1 aromatic rings. The molecule has 0 aromatic carbocycles. The second kappa shape index (κ2) is 6.72. The molecule has 0 spiro atoms. The van der Waals surface area contributed by atoms with Crippen LogP contribution in [0, 0.1) is 0 Å². The zero-order valence-corrected chi connectivity index (χ0v) is 14.2. The quantitative estimate of drug-likeness (QED) is 0.691. The van der Waals surface area contributed by atoms with Crippen LogP contribution in [-0.4, -0.2) is 71.8 Å². The van der Waals surface area contributed by atoms with Gasteiger partial charge in [-0.15, -0.1) is 10.2 Å². The van der Waals surface area contributed by atoms with Gasteiger partial charge in [0.1, 0.15) is 6.61 Å². The highest BCUT2D eigenvalue weighted by atomic mass is 16.5. The molecule has 1 aliphatic carbocycles. The van der Waals surface area contributed by atoms with Gasteiger partial charge in [0.2, 0.25) is 23.6 Å². The molecule has 2 N–H and O–H groups in total. The molecule has 0 unspecified atom stereocenters. The number of carbonyl (C=O) groups is 2. The second-order valence-corrected chi connectivity index (χ2v) is 7.06. The summed E-state index contributed by atoms with van der Waals surface area (Å²) in [4.78, 5) is 26.1. The largest absolute Gasteiger partial charge is 0.425 e. The number of methoxy groups -OCH3 is 1. The molecule has 1 aromatic heterocycles. The summed E-state index contributed by atoms with van der Waals surface area (Å²) in [6.07, 6.45) is 3.46. The van der Waals surface area contributed by atoms with Gasteiger partial charge in [-0.2, -0.15) is 0 Å². The number of aromatic nitrogens is 2. The molecule has 3 fully saturated rings. The standard InChI is InChI=1S/C16H23N5O4/c1-24-8-13(22)18-10-4-12-15(23)17-6-11(21(12)7-10)5-14-19-20-16(25-14)9-2-3-9/h9-12H,2-8H2,1H3,(H,17,23)(H,18,22)/t10-,11+,12-/m0/s1. The van der Waals surface area contributed by atoms with Crippen molar-refractivity contribution in [2.75, 3.05) is 26.8 Å². The third-order valence-corrected chi connectivity index (χ3v) is 5.08. The maximum absolute atomic E-state index is 12.2. The third kappa shape index (κ3) is 3.52. The summed E-state index contributed by atoms with van der Waals surface area (Å²) in [5, 5.41) is 14.2. The number of hydrogen-bond donors (Lipinski definition) is 2. The smallest absolute Gasteiger partial charge is 0.246 e. The van der Waals surface area contributed by atoms with Crippen LogP contribution in [0.15, 0.2) is 4.42 Å². The van der Waals surface area contributed by atoms with Crippen molar-refractivity contribution in [3.63, 3.8) is 0 Å². The van der Waals surface area contributed by atoms with Gasteiger partial charge in [0.05, 0.1) is 6.04 Å². The number of rotatable bonds is 6. The molecule has 25 heavy (non-hydrogen) atoms. The summed E-state index contributed by atoms with van der Waals surface area (Å²) in [5.41, 5.74) is 0. The van der Waals surface area contributed by atoms with Crippen molar-refractivity contribution in [2.45, 2.75) is 49.7 Å². The minimum atomic E-state index is -0.225. The van der Waals surface area contributed by atoms with Crippen molar-refractivity contribution in [2.24, 2.45) is 0 Å². The first-order valence-corrected chi connectivity index (χ1v) is 8.78. The number of hydrogen-bond acceptors (Lipinski definition) is 7. The Labute approximate surface area is 145 Å². The van der Waals surface area contributed by atoms with Crippen LogP contribution in [0.2, 0.25) is 0 Å². The fourth-order valence-corrected chi connectivity index (χ4v) is 3.72. The van der Waals surface area contributed by atoms with E-state index in [1.165, 1.54) is 7.11 Å². The number of ether oxygens (including phenoxy) is 1. The van der Waals surface area contributed by atoms with E-state index in [0.717, 1.165) is 18.7 Å². The second-order valence-electron chi connectivity index (χ2n) is 7.06. The van der Waals surface area contributed by atoms with Crippen LogP contribution in [0.4, 0.5) is 0 Å². The summed E-state index contributed by atoms with van der Waals surface area (Å²) < 4.78 is 10.6. The molecule has 2 saturated heterocycles. The normalized spacial score (nSPS) is 29.3. The summed E-state index contributed by atoms with van der Waals surface area (Å²) in [5.74, 6) is 1.65. The fourth-order valence-electron chi connectivity index (χ4n) is 3.72. The number of piperazine rings is 1. The van der Waals surface area contributed by atoms with Gasteiger partial charge in [0.25, 0.3) is 0 Å². The highest BCUT2D eigenvalue weighted by Crippen LogP contribution is 2.39. The van der Waals surface area contributed by atoms with E-state index in [1.807, 2.05) is 0 Å². The first-order valence-electron chi connectivity index (χ1n) is 8.78. The molecule has 3 atom stereocenters. The Hall–Kier alpha value is -2.00. The number of amides is 2. The van der Waals surface area contributed by atoms with E-state index in [1.54, 1.807) is 0 Å². The Bertz CT molecular complexity index is 659. The van der Waals surface area contributed by atoms with E-state index in [9.17, 15) is 9.59 Å². The van der Waals surface area contributed by atoms with Crippen molar-refractivity contribution in [1.82, 2.24) is 25.7 Å². The molecule has 0 radical (unpaired) electrons. The molecular formula is C16H23N5O4. The predicted molar refractivity (Wildman–Crippen MR) is 85.7 cm³/mol. The van der Waals surface area contributed by atoms with Crippen LogP contribution in [0.5, 0.6) is 0 Å². The van der Waals surface area contributed by atoms with Crippen LogP contribution in [-0.2, 0) is 20.7 Å². The van der Waals surface area contributed by atoms with Gasteiger partial charge in [-0.05, 0) is 19.3 Å². The number of fused-ring (bicyclic) bond motifs is 1. The lowest BCUT2D eigenvalue weighted by Gasteiger charge is -2.36. The van der Waals surface area contributed by atoms with Gasteiger partial charge in [-0.25, -0.2) is 0 Å². The average Bonchev–Trinajstić information content (AvgIpc) is 3.17.